The normalized spacial score (nSPS) is 13.3. The van der Waals surface area contributed by atoms with Crippen LogP contribution in [0.1, 0.15) is 32.1 Å². The van der Waals surface area contributed by atoms with Crippen LogP contribution in [-0.4, -0.2) is 13.1 Å². The van der Waals surface area contributed by atoms with Crippen LogP contribution in [0, 0.1) is 11.8 Å². The maximum Gasteiger partial charge on any atom is 0.0701 e. The molecule has 0 saturated heterocycles. The van der Waals surface area contributed by atoms with Crippen molar-refractivity contribution in [2.75, 3.05) is 13.1 Å². The molecule has 0 aliphatic heterocycles. The number of rotatable bonds is 7. The lowest BCUT2D eigenvalue weighted by Crippen LogP contribution is -2.28. The van der Waals surface area contributed by atoms with E-state index in [1.165, 1.54) is 21.5 Å². The molecule has 1 rings (SSSR count). The molecule has 1 aromatic heterocycles. The molecule has 0 bridgehead atoms. The van der Waals surface area contributed by atoms with Gasteiger partial charge in [0.2, 0.25) is 0 Å². The Labute approximate surface area is 112 Å². The third-order valence-corrected chi connectivity index (χ3v) is 4.51. The summed E-state index contributed by atoms with van der Waals surface area (Å²) >= 11 is 5.39. The molecular weight excluding hydrogens is 282 g/mol. The van der Waals surface area contributed by atoms with Crippen molar-refractivity contribution in [1.29, 1.82) is 0 Å². The Bertz CT molecular complexity index is 296. The molecule has 1 aromatic rings. The Morgan fingerprint density at radius 2 is 2.12 bits per heavy atom. The molecule has 0 aliphatic rings. The molecule has 0 saturated carbocycles. The third kappa shape index (κ3) is 4.98. The van der Waals surface area contributed by atoms with Gasteiger partial charge in [0.15, 0.2) is 0 Å². The second-order valence-corrected chi connectivity index (χ2v) is 7.17. The lowest BCUT2D eigenvalue weighted by molar-refractivity contribution is 0.363. The van der Waals surface area contributed by atoms with Gasteiger partial charge >= 0.3 is 0 Å². The summed E-state index contributed by atoms with van der Waals surface area (Å²) in [6.07, 6.45) is 2.42. The van der Waals surface area contributed by atoms with Gasteiger partial charge in [0.1, 0.15) is 0 Å². The highest BCUT2D eigenvalue weighted by Crippen LogP contribution is 2.26. The second-order valence-electron chi connectivity index (χ2n) is 4.62. The number of hydrogen-bond acceptors (Lipinski definition) is 2. The summed E-state index contributed by atoms with van der Waals surface area (Å²) in [5.74, 6) is 1.49. The summed E-state index contributed by atoms with van der Waals surface area (Å²) in [5, 5.41) is 3.54. The zero-order chi connectivity index (χ0) is 12.0. The third-order valence-electron chi connectivity index (χ3n) is 2.87. The summed E-state index contributed by atoms with van der Waals surface area (Å²) in [7, 11) is 0. The summed E-state index contributed by atoms with van der Waals surface area (Å²) in [6, 6.07) is 4.39. The summed E-state index contributed by atoms with van der Waals surface area (Å²) in [6.45, 7) is 9.13. The van der Waals surface area contributed by atoms with E-state index in [9.17, 15) is 0 Å². The average molecular weight is 304 g/mol. The zero-order valence-electron chi connectivity index (χ0n) is 10.4. The van der Waals surface area contributed by atoms with Gasteiger partial charge in [0.05, 0.1) is 3.79 Å². The summed E-state index contributed by atoms with van der Waals surface area (Å²) in [5.41, 5.74) is 0. The predicted octanol–water partition coefficient (Wildman–Crippen LogP) is 4.32. The SMILES string of the molecule is CCCNCC(Cc1ccc(Br)s1)C(C)C. The van der Waals surface area contributed by atoms with Crippen LogP contribution in [0.5, 0.6) is 0 Å². The van der Waals surface area contributed by atoms with E-state index in [-0.39, 0.29) is 0 Å². The van der Waals surface area contributed by atoms with Crippen molar-refractivity contribution in [3.05, 3.63) is 20.8 Å². The Morgan fingerprint density at radius 3 is 2.62 bits per heavy atom. The van der Waals surface area contributed by atoms with Gasteiger partial charge in [-0.05, 0) is 65.8 Å². The van der Waals surface area contributed by atoms with Crippen molar-refractivity contribution >= 4 is 27.3 Å². The molecule has 92 valence electrons. The van der Waals surface area contributed by atoms with Gasteiger partial charge in [-0.1, -0.05) is 20.8 Å². The quantitative estimate of drug-likeness (QED) is 0.740. The Morgan fingerprint density at radius 1 is 1.38 bits per heavy atom. The van der Waals surface area contributed by atoms with Crippen LogP contribution < -0.4 is 5.32 Å². The zero-order valence-corrected chi connectivity index (χ0v) is 12.8. The van der Waals surface area contributed by atoms with Gasteiger partial charge in [-0.3, -0.25) is 0 Å². The lowest BCUT2D eigenvalue weighted by atomic mass is 9.92. The molecule has 1 heterocycles. The highest BCUT2D eigenvalue weighted by molar-refractivity contribution is 9.11. The van der Waals surface area contributed by atoms with Gasteiger partial charge in [0.25, 0.3) is 0 Å². The molecule has 0 fully saturated rings. The van der Waals surface area contributed by atoms with E-state index in [2.05, 4.69) is 54.2 Å². The predicted molar refractivity (Wildman–Crippen MR) is 77.2 cm³/mol. The summed E-state index contributed by atoms with van der Waals surface area (Å²) < 4.78 is 1.24. The van der Waals surface area contributed by atoms with E-state index < -0.39 is 0 Å². The first-order valence-corrected chi connectivity index (χ1v) is 7.69. The van der Waals surface area contributed by atoms with Crippen LogP contribution in [-0.2, 0) is 6.42 Å². The Kier molecular flexibility index (Phi) is 6.62. The smallest absolute Gasteiger partial charge is 0.0701 e. The fourth-order valence-electron chi connectivity index (χ4n) is 1.73. The van der Waals surface area contributed by atoms with Crippen LogP contribution in [0.3, 0.4) is 0 Å². The largest absolute Gasteiger partial charge is 0.316 e. The van der Waals surface area contributed by atoms with Gasteiger partial charge in [-0.2, -0.15) is 0 Å². The van der Waals surface area contributed by atoms with E-state index in [4.69, 9.17) is 0 Å². The van der Waals surface area contributed by atoms with Gasteiger partial charge in [-0.15, -0.1) is 11.3 Å². The second kappa shape index (κ2) is 7.46. The highest BCUT2D eigenvalue weighted by Gasteiger charge is 2.14. The van der Waals surface area contributed by atoms with Gasteiger partial charge < -0.3 is 5.32 Å². The molecule has 1 unspecified atom stereocenters. The molecule has 0 spiro atoms. The van der Waals surface area contributed by atoms with Crippen LogP contribution in [0.25, 0.3) is 0 Å². The minimum absolute atomic E-state index is 0.741. The van der Waals surface area contributed by atoms with E-state index >= 15 is 0 Å². The van der Waals surface area contributed by atoms with E-state index in [0.29, 0.717) is 0 Å². The van der Waals surface area contributed by atoms with E-state index in [0.717, 1.165) is 24.9 Å². The minimum Gasteiger partial charge on any atom is -0.316 e. The fourth-order valence-corrected chi connectivity index (χ4v) is 3.30. The number of hydrogen-bond donors (Lipinski definition) is 1. The number of nitrogens with one attached hydrogen (secondary N) is 1. The molecule has 1 nitrogen and oxygen atoms in total. The van der Waals surface area contributed by atoms with Crippen molar-refractivity contribution in [1.82, 2.24) is 5.32 Å². The van der Waals surface area contributed by atoms with Crippen molar-refractivity contribution < 1.29 is 0 Å². The fraction of sp³-hybridized carbons (Fsp3) is 0.692. The first-order chi connectivity index (χ1) is 7.63. The maximum absolute atomic E-state index is 3.54. The first kappa shape index (κ1) is 14.2. The lowest BCUT2D eigenvalue weighted by Gasteiger charge is -2.20. The number of thiophene rings is 1. The Hall–Kier alpha value is 0.140. The van der Waals surface area contributed by atoms with Crippen molar-refractivity contribution in [3.8, 4) is 0 Å². The standard InChI is InChI=1S/C13H22BrNS/c1-4-7-15-9-11(10(2)3)8-12-5-6-13(14)16-12/h5-6,10-11,15H,4,7-9H2,1-3H3. The molecule has 0 aliphatic carbocycles. The van der Waals surface area contributed by atoms with Crippen molar-refractivity contribution in [2.24, 2.45) is 11.8 Å². The van der Waals surface area contributed by atoms with Crippen molar-refractivity contribution in [2.45, 2.75) is 33.6 Å². The molecular formula is C13H22BrNS. The van der Waals surface area contributed by atoms with E-state index in [1.807, 2.05) is 11.3 Å². The van der Waals surface area contributed by atoms with Crippen LogP contribution in [0.2, 0.25) is 0 Å². The molecule has 3 heteroatoms. The topological polar surface area (TPSA) is 12.0 Å². The van der Waals surface area contributed by atoms with E-state index in [1.54, 1.807) is 0 Å². The summed E-state index contributed by atoms with van der Waals surface area (Å²) in [4.78, 5) is 1.49. The molecule has 0 amide bonds. The number of halogens is 1. The molecule has 16 heavy (non-hydrogen) atoms. The highest BCUT2D eigenvalue weighted by atomic mass is 79.9. The molecule has 0 radical (unpaired) electrons. The minimum atomic E-state index is 0.741. The van der Waals surface area contributed by atoms with Crippen LogP contribution >= 0.6 is 27.3 Å². The molecule has 1 atom stereocenters. The van der Waals surface area contributed by atoms with Crippen LogP contribution in [0.15, 0.2) is 15.9 Å². The van der Waals surface area contributed by atoms with Gasteiger partial charge in [-0.25, -0.2) is 0 Å². The monoisotopic (exact) mass is 303 g/mol. The maximum atomic E-state index is 3.54. The first-order valence-electron chi connectivity index (χ1n) is 6.08. The van der Waals surface area contributed by atoms with Gasteiger partial charge in [0, 0.05) is 4.88 Å². The molecule has 1 N–H and O–H groups in total. The van der Waals surface area contributed by atoms with Crippen LogP contribution in [0.4, 0.5) is 0 Å². The average Bonchev–Trinajstić information content (AvgIpc) is 2.63. The van der Waals surface area contributed by atoms with Crippen molar-refractivity contribution in [3.63, 3.8) is 0 Å². The molecule has 0 aromatic carbocycles. The Balaban J connectivity index is 2.44.